The van der Waals surface area contributed by atoms with E-state index in [0.717, 1.165) is 13.0 Å². The molecule has 0 aliphatic carbocycles. The second-order valence-corrected chi connectivity index (χ2v) is 4.30. The summed E-state index contributed by atoms with van der Waals surface area (Å²) in [5.74, 6) is 0. The zero-order valence-corrected chi connectivity index (χ0v) is 7.50. The van der Waals surface area contributed by atoms with E-state index >= 15 is 0 Å². The molecule has 0 unspecified atom stereocenters. The first-order valence-corrected chi connectivity index (χ1v) is 3.63. The molecule has 0 atom stereocenters. The van der Waals surface area contributed by atoms with Gasteiger partial charge in [-0.25, -0.2) is 0 Å². The molecule has 0 spiro atoms. The Bertz CT molecular complexity index is 73.5. The Morgan fingerprint density at radius 1 is 1.33 bits per heavy atom. The van der Waals surface area contributed by atoms with Crippen LogP contribution in [0.3, 0.4) is 0 Å². The van der Waals surface area contributed by atoms with Crippen molar-refractivity contribution in [3.8, 4) is 0 Å². The molecular weight excluding hydrogens is 134 g/mol. The van der Waals surface area contributed by atoms with E-state index in [1.807, 2.05) is 13.8 Å². The number of halogens is 1. The summed E-state index contributed by atoms with van der Waals surface area (Å²) < 4.78 is 0. The van der Waals surface area contributed by atoms with Crippen molar-refractivity contribution in [2.24, 2.45) is 0 Å². The minimum Gasteiger partial charge on any atom is -0.309 e. The molecule has 0 fully saturated rings. The Morgan fingerprint density at radius 3 is 1.89 bits per heavy atom. The van der Waals surface area contributed by atoms with Gasteiger partial charge in [0.15, 0.2) is 0 Å². The molecule has 0 aromatic heterocycles. The van der Waals surface area contributed by atoms with Crippen LogP contribution in [0.4, 0.5) is 0 Å². The van der Waals surface area contributed by atoms with Gasteiger partial charge in [0, 0.05) is 4.87 Å². The summed E-state index contributed by atoms with van der Waals surface area (Å²) in [6, 6.07) is 0. The average molecular weight is 150 g/mol. The zero-order valence-electron chi connectivity index (χ0n) is 6.74. The van der Waals surface area contributed by atoms with Gasteiger partial charge in [0.25, 0.3) is 0 Å². The van der Waals surface area contributed by atoms with Crippen LogP contribution in [0, 0.1) is 0 Å². The summed E-state index contributed by atoms with van der Waals surface area (Å²) in [5.41, 5.74) is 0. The Morgan fingerprint density at radius 2 is 1.78 bits per heavy atom. The highest BCUT2D eigenvalue weighted by molar-refractivity contribution is 6.23. The standard InChI is InChI=1S/C7H16ClN/c1-7(2,8)5-6-9(3)4/h5-6H2,1-4H3. The van der Waals surface area contributed by atoms with E-state index in [4.69, 9.17) is 11.6 Å². The average Bonchev–Trinajstić information content (AvgIpc) is 1.59. The normalized spacial score (nSPS) is 12.7. The van der Waals surface area contributed by atoms with Crippen molar-refractivity contribution in [3.05, 3.63) is 0 Å². The molecule has 9 heavy (non-hydrogen) atoms. The fraction of sp³-hybridized carbons (Fsp3) is 1.00. The lowest BCUT2D eigenvalue weighted by molar-refractivity contribution is 0.378. The van der Waals surface area contributed by atoms with Crippen molar-refractivity contribution in [2.45, 2.75) is 25.1 Å². The largest absolute Gasteiger partial charge is 0.309 e. The van der Waals surface area contributed by atoms with Gasteiger partial charge in [-0.2, -0.15) is 0 Å². The molecule has 0 aliphatic rings. The lowest BCUT2D eigenvalue weighted by Crippen LogP contribution is -2.21. The number of nitrogens with zero attached hydrogens (tertiary/aromatic N) is 1. The first-order valence-electron chi connectivity index (χ1n) is 3.25. The lowest BCUT2D eigenvalue weighted by Gasteiger charge is -2.18. The summed E-state index contributed by atoms with van der Waals surface area (Å²) in [5, 5.41) is 0. The van der Waals surface area contributed by atoms with Crippen LogP contribution in [0.5, 0.6) is 0 Å². The van der Waals surface area contributed by atoms with Gasteiger partial charge >= 0.3 is 0 Å². The van der Waals surface area contributed by atoms with Crippen molar-refractivity contribution in [1.29, 1.82) is 0 Å². The third-order valence-electron chi connectivity index (χ3n) is 1.15. The summed E-state index contributed by atoms with van der Waals surface area (Å²) in [6.07, 6.45) is 1.04. The van der Waals surface area contributed by atoms with E-state index in [-0.39, 0.29) is 4.87 Å². The van der Waals surface area contributed by atoms with Gasteiger partial charge in [0.05, 0.1) is 0 Å². The molecule has 0 aromatic rings. The van der Waals surface area contributed by atoms with Crippen LogP contribution in [0.1, 0.15) is 20.3 Å². The van der Waals surface area contributed by atoms with E-state index in [9.17, 15) is 0 Å². The molecule has 0 radical (unpaired) electrons. The minimum atomic E-state index is -0.0374. The lowest BCUT2D eigenvalue weighted by atomic mass is 10.1. The molecule has 56 valence electrons. The Kier molecular flexibility index (Phi) is 3.52. The maximum atomic E-state index is 5.95. The fourth-order valence-corrected chi connectivity index (χ4v) is 0.574. The van der Waals surface area contributed by atoms with Crippen LogP contribution in [0.15, 0.2) is 0 Å². The second-order valence-electron chi connectivity index (χ2n) is 3.27. The van der Waals surface area contributed by atoms with Crippen LogP contribution in [0.25, 0.3) is 0 Å². The Labute approximate surface area is 63.0 Å². The summed E-state index contributed by atoms with van der Waals surface area (Å²) >= 11 is 5.95. The number of alkyl halides is 1. The molecule has 0 bridgehead atoms. The minimum absolute atomic E-state index is 0.0374. The molecule has 0 N–H and O–H groups in total. The van der Waals surface area contributed by atoms with Crippen LogP contribution in [0.2, 0.25) is 0 Å². The molecule has 1 nitrogen and oxygen atoms in total. The van der Waals surface area contributed by atoms with Crippen molar-refractivity contribution in [3.63, 3.8) is 0 Å². The van der Waals surface area contributed by atoms with Gasteiger partial charge in [-0.1, -0.05) is 0 Å². The van der Waals surface area contributed by atoms with Crippen LogP contribution in [-0.4, -0.2) is 30.4 Å². The van der Waals surface area contributed by atoms with E-state index in [1.165, 1.54) is 0 Å². The van der Waals surface area contributed by atoms with E-state index in [0.29, 0.717) is 0 Å². The SMILES string of the molecule is CN(C)CCC(C)(C)Cl. The van der Waals surface area contributed by atoms with Crippen molar-refractivity contribution in [1.82, 2.24) is 4.90 Å². The Hall–Kier alpha value is 0.250. The molecule has 0 amide bonds. The van der Waals surface area contributed by atoms with Gasteiger partial charge < -0.3 is 4.90 Å². The van der Waals surface area contributed by atoms with Gasteiger partial charge in [0.2, 0.25) is 0 Å². The second kappa shape index (κ2) is 3.43. The van der Waals surface area contributed by atoms with Crippen molar-refractivity contribution in [2.75, 3.05) is 20.6 Å². The highest BCUT2D eigenvalue weighted by Crippen LogP contribution is 2.16. The predicted molar refractivity (Wildman–Crippen MR) is 43.1 cm³/mol. The zero-order chi connectivity index (χ0) is 7.49. The quantitative estimate of drug-likeness (QED) is 0.555. The predicted octanol–water partition coefficient (Wildman–Crippen LogP) is 1.96. The van der Waals surface area contributed by atoms with Crippen LogP contribution in [-0.2, 0) is 0 Å². The molecular formula is C7H16ClN. The maximum Gasteiger partial charge on any atom is 0.0402 e. The molecule has 0 aliphatic heterocycles. The first kappa shape index (κ1) is 9.25. The van der Waals surface area contributed by atoms with Crippen LogP contribution < -0.4 is 0 Å². The molecule has 0 saturated carbocycles. The molecule has 0 saturated heterocycles. The molecule has 0 rings (SSSR count). The smallest absolute Gasteiger partial charge is 0.0402 e. The highest BCUT2D eigenvalue weighted by Gasteiger charge is 2.12. The summed E-state index contributed by atoms with van der Waals surface area (Å²) in [6.45, 7) is 5.15. The Balaban J connectivity index is 3.28. The van der Waals surface area contributed by atoms with Gasteiger partial charge in [0.1, 0.15) is 0 Å². The van der Waals surface area contributed by atoms with Crippen molar-refractivity contribution < 1.29 is 0 Å². The third kappa shape index (κ3) is 8.25. The monoisotopic (exact) mass is 149 g/mol. The maximum absolute atomic E-state index is 5.95. The number of hydrogen-bond acceptors (Lipinski definition) is 1. The topological polar surface area (TPSA) is 3.24 Å². The number of rotatable bonds is 3. The molecule has 0 heterocycles. The fourth-order valence-electron chi connectivity index (χ4n) is 0.489. The summed E-state index contributed by atoms with van der Waals surface area (Å²) in [4.78, 5) is 2.11. The highest BCUT2D eigenvalue weighted by atomic mass is 35.5. The van der Waals surface area contributed by atoms with Crippen molar-refractivity contribution >= 4 is 11.6 Å². The molecule has 0 aromatic carbocycles. The molecule has 2 heteroatoms. The van der Waals surface area contributed by atoms with Crippen LogP contribution >= 0.6 is 11.6 Å². The first-order chi connectivity index (χ1) is 3.92. The summed E-state index contributed by atoms with van der Waals surface area (Å²) in [7, 11) is 4.12. The van der Waals surface area contributed by atoms with Gasteiger partial charge in [-0.05, 0) is 40.9 Å². The van der Waals surface area contributed by atoms with E-state index < -0.39 is 0 Å². The number of hydrogen-bond donors (Lipinski definition) is 0. The van der Waals surface area contributed by atoms with E-state index in [2.05, 4.69) is 19.0 Å². The third-order valence-corrected chi connectivity index (χ3v) is 1.34. The van der Waals surface area contributed by atoms with Gasteiger partial charge in [-0.3, -0.25) is 0 Å². The van der Waals surface area contributed by atoms with E-state index in [1.54, 1.807) is 0 Å². The van der Waals surface area contributed by atoms with Gasteiger partial charge in [-0.15, -0.1) is 11.6 Å².